The minimum Gasteiger partial charge on any atom is -0.325 e. The highest BCUT2D eigenvalue weighted by atomic mass is 32.2. The maximum Gasteiger partial charge on any atom is 0.286 e. The van der Waals surface area contributed by atoms with Crippen molar-refractivity contribution in [3.05, 3.63) is 59.4 Å². The lowest BCUT2D eigenvalue weighted by atomic mass is 10.3. The Morgan fingerprint density at radius 2 is 1.79 bits per heavy atom. The zero-order valence-corrected chi connectivity index (χ0v) is 17.0. The molecule has 0 bridgehead atoms. The van der Waals surface area contributed by atoms with Crippen molar-refractivity contribution in [1.82, 2.24) is 15.2 Å². The second kappa shape index (κ2) is 8.64. The van der Waals surface area contributed by atoms with Gasteiger partial charge in [0.15, 0.2) is 9.35 Å². The van der Waals surface area contributed by atoms with Crippen molar-refractivity contribution in [2.24, 2.45) is 0 Å². The van der Waals surface area contributed by atoms with Crippen molar-refractivity contribution in [3.8, 4) is 0 Å². The highest BCUT2D eigenvalue weighted by Gasteiger charge is 2.15. The Morgan fingerprint density at radius 3 is 2.59 bits per heavy atom. The molecule has 0 aliphatic rings. The average Bonchev–Trinajstić information content (AvgIpc) is 3.35. The molecule has 4 aromatic rings. The maximum atomic E-state index is 12.9. The Kier molecular flexibility index (Phi) is 5.79. The molecule has 0 aliphatic heterocycles. The zero-order chi connectivity index (χ0) is 20.2. The number of para-hydroxylation sites is 1. The summed E-state index contributed by atoms with van der Waals surface area (Å²) >= 11 is 3.66. The molecule has 0 fully saturated rings. The summed E-state index contributed by atoms with van der Waals surface area (Å²) in [7, 11) is 0. The van der Waals surface area contributed by atoms with Crippen LogP contribution in [-0.2, 0) is 4.79 Å². The van der Waals surface area contributed by atoms with Gasteiger partial charge in [-0.3, -0.25) is 14.9 Å². The second-order valence-electron chi connectivity index (χ2n) is 5.66. The number of carbonyl (C=O) groups excluding carboxylic acids is 2. The number of anilines is 2. The fraction of sp³-hybridized carbons (Fsp3) is 0.0556. The molecule has 0 spiro atoms. The predicted octanol–water partition coefficient (Wildman–Crippen LogP) is 4.27. The molecule has 2 N–H and O–H groups in total. The van der Waals surface area contributed by atoms with E-state index in [0.717, 1.165) is 10.2 Å². The van der Waals surface area contributed by atoms with E-state index >= 15 is 0 Å². The van der Waals surface area contributed by atoms with E-state index in [1.807, 2.05) is 24.3 Å². The first-order valence-corrected chi connectivity index (χ1v) is 10.9. The van der Waals surface area contributed by atoms with E-state index < -0.39 is 0 Å². The van der Waals surface area contributed by atoms with Crippen LogP contribution >= 0.6 is 34.4 Å². The Bertz CT molecular complexity index is 1140. The van der Waals surface area contributed by atoms with Gasteiger partial charge in [0.1, 0.15) is 5.82 Å². The van der Waals surface area contributed by atoms with Gasteiger partial charge in [0.25, 0.3) is 5.91 Å². The van der Waals surface area contributed by atoms with Gasteiger partial charge >= 0.3 is 0 Å². The van der Waals surface area contributed by atoms with Gasteiger partial charge in [-0.2, -0.15) is 0 Å². The third-order valence-corrected chi connectivity index (χ3v) is 6.58. The van der Waals surface area contributed by atoms with Crippen LogP contribution < -0.4 is 10.6 Å². The van der Waals surface area contributed by atoms with E-state index in [0.29, 0.717) is 20.2 Å². The molecule has 2 aromatic carbocycles. The minimum atomic E-state index is -0.369. The summed E-state index contributed by atoms with van der Waals surface area (Å²) in [6, 6.07) is 13.0. The van der Waals surface area contributed by atoms with Crippen LogP contribution in [0.1, 0.15) is 9.80 Å². The highest BCUT2D eigenvalue weighted by molar-refractivity contribution is 8.01. The quantitative estimate of drug-likeness (QED) is 0.340. The van der Waals surface area contributed by atoms with Crippen LogP contribution in [0, 0.1) is 5.82 Å². The van der Waals surface area contributed by atoms with Crippen molar-refractivity contribution in [3.63, 3.8) is 0 Å². The summed E-state index contributed by atoms with van der Waals surface area (Å²) in [5.74, 6) is -0.867. The van der Waals surface area contributed by atoms with Gasteiger partial charge in [-0.25, -0.2) is 9.37 Å². The van der Waals surface area contributed by atoms with Gasteiger partial charge < -0.3 is 5.32 Å². The molecular weight excluding hydrogens is 433 g/mol. The lowest BCUT2D eigenvalue weighted by molar-refractivity contribution is -0.113. The lowest BCUT2D eigenvalue weighted by Gasteiger charge is -2.03. The number of aromatic nitrogens is 3. The largest absolute Gasteiger partial charge is 0.325 e. The number of fused-ring (bicyclic) bond motifs is 1. The number of benzene rings is 2. The number of carbonyl (C=O) groups is 2. The number of rotatable bonds is 6. The molecule has 0 unspecified atom stereocenters. The van der Waals surface area contributed by atoms with Crippen LogP contribution in [-0.4, -0.2) is 32.7 Å². The van der Waals surface area contributed by atoms with Crippen molar-refractivity contribution in [1.29, 1.82) is 0 Å². The molecule has 29 heavy (non-hydrogen) atoms. The highest BCUT2D eigenvalue weighted by Crippen LogP contribution is 2.27. The van der Waals surface area contributed by atoms with Crippen LogP contribution in [0.25, 0.3) is 10.2 Å². The predicted molar refractivity (Wildman–Crippen MR) is 113 cm³/mol. The third kappa shape index (κ3) is 4.94. The van der Waals surface area contributed by atoms with E-state index in [2.05, 4.69) is 25.8 Å². The van der Waals surface area contributed by atoms with Crippen molar-refractivity contribution in [2.75, 3.05) is 16.4 Å². The van der Waals surface area contributed by atoms with Gasteiger partial charge in [-0.05, 0) is 36.4 Å². The minimum absolute atomic E-state index is 0.109. The average molecular weight is 446 g/mol. The maximum absolute atomic E-state index is 12.9. The molecule has 0 aliphatic carbocycles. The topological polar surface area (TPSA) is 96.9 Å². The lowest BCUT2D eigenvalue weighted by Crippen LogP contribution is -2.13. The first kappa shape index (κ1) is 19.4. The summed E-state index contributed by atoms with van der Waals surface area (Å²) in [4.78, 5) is 28.6. The van der Waals surface area contributed by atoms with Crippen molar-refractivity contribution >= 4 is 67.3 Å². The fourth-order valence-electron chi connectivity index (χ4n) is 2.30. The summed E-state index contributed by atoms with van der Waals surface area (Å²) in [5.41, 5.74) is 1.28. The Labute approximate surface area is 176 Å². The van der Waals surface area contributed by atoms with Gasteiger partial charge in [0.2, 0.25) is 11.0 Å². The molecular formula is C18H12FN5O2S3. The van der Waals surface area contributed by atoms with Crippen LogP contribution in [0.4, 0.5) is 15.2 Å². The molecule has 7 nitrogen and oxygen atoms in total. The number of nitrogens with one attached hydrogen (secondary N) is 2. The summed E-state index contributed by atoms with van der Waals surface area (Å²) in [5, 5.41) is 13.9. The first-order valence-electron chi connectivity index (χ1n) is 8.25. The summed E-state index contributed by atoms with van der Waals surface area (Å²) < 4.78 is 14.4. The van der Waals surface area contributed by atoms with Gasteiger partial charge in [-0.15, -0.1) is 21.5 Å². The Hall–Kier alpha value is -2.89. The smallest absolute Gasteiger partial charge is 0.286 e. The molecule has 0 radical (unpaired) electrons. The molecule has 0 saturated carbocycles. The molecule has 0 atom stereocenters. The van der Waals surface area contributed by atoms with Crippen molar-refractivity contribution in [2.45, 2.75) is 4.34 Å². The fourth-order valence-corrected chi connectivity index (χ4v) is 4.70. The number of halogens is 1. The summed E-state index contributed by atoms with van der Waals surface area (Å²) in [6.45, 7) is 0. The molecule has 0 saturated heterocycles. The Morgan fingerprint density at radius 1 is 1.00 bits per heavy atom. The molecule has 2 amide bonds. The van der Waals surface area contributed by atoms with Gasteiger partial charge in [-0.1, -0.05) is 35.2 Å². The number of amides is 2. The standard InChI is InChI=1S/C18H12FN5O2S3/c19-10-5-7-11(8-6-10)20-14(25)9-27-18-24-23-17(29-18)22-15(26)16-21-12-3-1-2-4-13(12)28-16/h1-8H,9H2,(H,20,25)(H,22,23,26). The number of thioether (sulfide) groups is 1. The Balaban J connectivity index is 1.31. The zero-order valence-electron chi connectivity index (χ0n) is 14.6. The number of hydrogen-bond donors (Lipinski definition) is 2. The van der Waals surface area contributed by atoms with Crippen LogP contribution in [0.2, 0.25) is 0 Å². The van der Waals surface area contributed by atoms with Crippen LogP contribution in [0.5, 0.6) is 0 Å². The first-order chi connectivity index (χ1) is 14.1. The van der Waals surface area contributed by atoms with Crippen LogP contribution in [0.15, 0.2) is 52.9 Å². The van der Waals surface area contributed by atoms with Crippen molar-refractivity contribution < 1.29 is 14.0 Å². The SMILES string of the molecule is O=C(CSc1nnc(NC(=O)c2nc3ccccc3s2)s1)Nc1ccc(F)cc1. The molecule has 2 aromatic heterocycles. The van der Waals surface area contributed by atoms with Crippen LogP contribution in [0.3, 0.4) is 0 Å². The van der Waals surface area contributed by atoms with Gasteiger partial charge in [0.05, 0.1) is 16.0 Å². The number of nitrogens with zero attached hydrogens (tertiary/aromatic N) is 3. The summed E-state index contributed by atoms with van der Waals surface area (Å²) in [6.07, 6.45) is 0. The van der Waals surface area contributed by atoms with E-state index in [9.17, 15) is 14.0 Å². The monoisotopic (exact) mass is 445 g/mol. The molecule has 4 rings (SSSR count). The number of hydrogen-bond acceptors (Lipinski definition) is 8. The molecule has 146 valence electrons. The third-order valence-electron chi connectivity index (χ3n) is 3.57. The van der Waals surface area contributed by atoms with E-state index in [1.165, 1.54) is 58.7 Å². The second-order valence-corrected chi connectivity index (χ2v) is 8.89. The van der Waals surface area contributed by atoms with Gasteiger partial charge in [0, 0.05) is 5.69 Å². The molecule has 2 heterocycles. The van der Waals surface area contributed by atoms with E-state index in [1.54, 1.807) is 0 Å². The van der Waals surface area contributed by atoms with E-state index in [-0.39, 0.29) is 23.4 Å². The number of thiazole rings is 1. The normalized spacial score (nSPS) is 10.8. The molecule has 11 heteroatoms. The van der Waals surface area contributed by atoms with E-state index in [4.69, 9.17) is 0 Å².